The van der Waals surface area contributed by atoms with Crippen molar-refractivity contribution in [2.45, 2.75) is 6.42 Å². The number of fused-ring (bicyclic) bond motifs is 1. The minimum absolute atomic E-state index is 0.723. The lowest BCUT2D eigenvalue weighted by atomic mass is 10.1. The predicted molar refractivity (Wildman–Crippen MR) is 78.2 cm³/mol. The standard InChI is InChI=1S/C14H20N5/c1-18(2)7-10-3-4-19(8-10)11-5-12(15)14-13(6-11)16-9-17-14/h5-6,10H,3-4,7-8,15H2,1-2H3,(H,16,17). The van der Waals surface area contributed by atoms with Crippen LogP contribution in [0.2, 0.25) is 0 Å². The van der Waals surface area contributed by atoms with E-state index in [2.05, 4.69) is 46.3 Å². The molecule has 0 bridgehead atoms. The average Bonchev–Trinajstić information content (AvgIpc) is 2.96. The minimum atomic E-state index is 0.723. The second kappa shape index (κ2) is 4.74. The third kappa shape index (κ3) is 2.38. The summed E-state index contributed by atoms with van der Waals surface area (Å²) >= 11 is 0. The van der Waals surface area contributed by atoms with E-state index in [1.165, 1.54) is 12.1 Å². The minimum Gasteiger partial charge on any atom is -0.397 e. The van der Waals surface area contributed by atoms with Crippen LogP contribution in [-0.2, 0) is 0 Å². The fraction of sp³-hybridized carbons (Fsp3) is 0.500. The van der Waals surface area contributed by atoms with Crippen molar-refractivity contribution >= 4 is 22.4 Å². The first-order valence-electron chi connectivity index (χ1n) is 6.68. The van der Waals surface area contributed by atoms with Gasteiger partial charge in [-0.3, -0.25) is 0 Å². The molecule has 19 heavy (non-hydrogen) atoms. The van der Waals surface area contributed by atoms with Crippen molar-refractivity contribution in [2.24, 2.45) is 5.92 Å². The first kappa shape index (κ1) is 12.3. The van der Waals surface area contributed by atoms with Gasteiger partial charge in [-0.2, -0.15) is 0 Å². The third-order valence-corrected chi connectivity index (χ3v) is 3.76. The van der Waals surface area contributed by atoms with Gasteiger partial charge < -0.3 is 20.5 Å². The Morgan fingerprint density at radius 1 is 1.53 bits per heavy atom. The van der Waals surface area contributed by atoms with Crippen LogP contribution < -0.4 is 10.6 Å². The highest BCUT2D eigenvalue weighted by molar-refractivity contribution is 5.90. The highest BCUT2D eigenvalue weighted by Gasteiger charge is 2.23. The molecule has 1 atom stereocenters. The number of nitrogen functional groups attached to an aromatic ring is 1. The molecule has 1 aliphatic heterocycles. The molecule has 0 aliphatic carbocycles. The normalized spacial score (nSPS) is 19.7. The smallest absolute Gasteiger partial charge is 0.174 e. The maximum Gasteiger partial charge on any atom is 0.174 e. The lowest BCUT2D eigenvalue weighted by Crippen LogP contribution is -2.25. The van der Waals surface area contributed by atoms with Crippen LogP contribution in [-0.4, -0.2) is 48.6 Å². The van der Waals surface area contributed by atoms with Gasteiger partial charge in [-0.25, -0.2) is 4.98 Å². The lowest BCUT2D eigenvalue weighted by Gasteiger charge is -2.20. The van der Waals surface area contributed by atoms with E-state index >= 15 is 0 Å². The number of nitrogens with zero attached hydrogens (tertiary/aromatic N) is 3. The summed E-state index contributed by atoms with van der Waals surface area (Å²) in [4.78, 5) is 11.8. The van der Waals surface area contributed by atoms with Gasteiger partial charge >= 0.3 is 0 Å². The molecule has 3 rings (SSSR count). The average molecular weight is 258 g/mol. The molecule has 1 aliphatic rings. The van der Waals surface area contributed by atoms with Crippen LogP contribution in [0, 0.1) is 12.2 Å². The number of aromatic amines is 1. The molecule has 5 heteroatoms. The molecule has 0 saturated carbocycles. The Morgan fingerprint density at radius 3 is 3.16 bits per heavy atom. The number of aromatic nitrogens is 2. The Hall–Kier alpha value is -1.75. The van der Waals surface area contributed by atoms with Gasteiger partial charge in [0.2, 0.25) is 0 Å². The van der Waals surface area contributed by atoms with E-state index in [9.17, 15) is 0 Å². The van der Waals surface area contributed by atoms with Gasteiger partial charge in [0.15, 0.2) is 6.33 Å². The summed E-state index contributed by atoms with van der Waals surface area (Å²) in [5.41, 5.74) is 9.73. The monoisotopic (exact) mass is 258 g/mol. The lowest BCUT2D eigenvalue weighted by molar-refractivity contribution is 0.340. The number of H-pyrrole nitrogens is 1. The maximum atomic E-state index is 6.05. The first-order valence-corrected chi connectivity index (χ1v) is 6.68. The zero-order valence-electron chi connectivity index (χ0n) is 11.5. The molecule has 0 spiro atoms. The largest absolute Gasteiger partial charge is 0.397 e. The Kier molecular flexibility index (Phi) is 3.06. The van der Waals surface area contributed by atoms with E-state index < -0.39 is 0 Å². The van der Waals surface area contributed by atoms with Gasteiger partial charge in [-0.05, 0) is 38.6 Å². The van der Waals surface area contributed by atoms with Gasteiger partial charge in [0.25, 0.3) is 0 Å². The summed E-state index contributed by atoms with van der Waals surface area (Å²) < 4.78 is 0. The van der Waals surface area contributed by atoms with Gasteiger partial charge in [0.05, 0.1) is 11.2 Å². The van der Waals surface area contributed by atoms with E-state index in [1.54, 1.807) is 0 Å². The highest BCUT2D eigenvalue weighted by Crippen LogP contribution is 2.29. The molecule has 5 nitrogen and oxygen atoms in total. The summed E-state index contributed by atoms with van der Waals surface area (Å²) in [6.07, 6.45) is 3.99. The van der Waals surface area contributed by atoms with Crippen molar-refractivity contribution < 1.29 is 0 Å². The predicted octanol–water partition coefficient (Wildman–Crippen LogP) is 1.33. The first-order chi connectivity index (χ1) is 9.13. The van der Waals surface area contributed by atoms with Crippen molar-refractivity contribution in [3.05, 3.63) is 18.5 Å². The summed E-state index contributed by atoms with van der Waals surface area (Å²) in [6.45, 7) is 3.34. The van der Waals surface area contributed by atoms with Crippen LogP contribution in [0.4, 0.5) is 11.4 Å². The van der Waals surface area contributed by atoms with Crippen molar-refractivity contribution in [1.82, 2.24) is 14.9 Å². The molecule has 1 aromatic carbocycles. The molecule has 1 unspecified atom stereocenters. The Morgan fingerprint density at radius 2 is 2.37 bits per heavy atom. The summed E-state index contributed by atoms with van der Waals surface area (Å²) in [5.74, 6) is 0.736. The Labute approximate surface area is 113 Å². The third-order valence-electron chi connectivity index (χ3n) is 3.76. The van der Waals surface area contributed by atoms with Crippen molar-refractivity contribution in [3.8, 4) is 0 Å². The van der Waals surface area contributed by atoms with Crippen LogP contribution in [0.5, 0.6) is 0 Å². The zero-order valence-corrected chi connectivity index (χ0v) is 11.5. The second-order valence-electron chi connectivity index (χ2n) is 5.64. The molecule has 1 saturated heterocycles. The van der Waals surface area contributed by atoms with E-state index in [1.807, 2.05) is 6.07 Å². The van der Waals surface area contributed by atoms with Crippen LogP contribution in [0.1, 0.15) is 6.42 Å². The molecule has 1 fully saturated rings. The number of benzene rings is 1. The second-order valence-corrected chi connectivity index (χ2v) is 5.64. The van der Waals surface area contributed by atoms with Gasteiger partial charge in [-0.15, -0.1) is 0 Å². The molecule has 3 N–H and O–H groups in total. The number of hydrogen-bond donors (Lipinski definition) is 2. The Balaban J connectivity index is 1.81. The molecular weight excluding hydrogens is 238 g/mol. The topological polar surface area (TPSA) is 61.2 Å². The maximum absolute atomic E-state index is 6.05. The van der Waals surface area contributed by atoms with Gasteiger partial charge in [0.1, 0.15) is 5.52 Å². The number of nitrogens with two attached hydrogens (primary N) is 1. The zero-order chi connectivity index (χ0) is 13.4. The summed E-state index contributed by atoms with van der Waals surface area (Å²) in [7, 11) is 4.26. The summed E-state index contributed by atoms with van der Waals surface area (Å²) in [5, 5.41) is 0. The molecule has 2 heterocycles. The number of hydrogen-bond acceptors (Lipinski definition) is 4. The number of imidazole rings is 1. The van der Waals surface area contributed by atoms with Gasteiger partial charge in [0, 0.05) is 25.3 Å². The van der Waals surface area contributed by atoms with Gasteiger partial charge in [-0.1, -0.05) is 0 Å². The number of nitrogens with one attached hydrogen (secondary N) is 1. The SMILES string of the molecule is CN(C)CC1CCN(c2cc(N)c3n[c][nH]c3c2)C1. The van der Waals surface area contributed by atoms with E-state index in [0.717, 1.165) is 42.3 Å². The Bertz CT molecular complexity index is 574. The molecule has 2 aromatic rings. The fourth-order valence-corrected chi connectivity index (χ4v) is 2.92. The summed E-state index contributed by atoms with van der Waals surface area (Å²) in [6, 6.07) is 4.14. The van der Waals surface area contributed by atoms with Crippen LogP contribution in [0.25, 0.3) is 11.0 Å². The van der Waals surface area contributed by atoms with E-state index in [-0.39, 0.29) is 0 Å². The van der Waals surface area contributed by atoms with Crippen LogP contribution >= 0.6 is 0 Å². The highest BCUT2D eigenvalue weighted by atomic mass is 15.2. The van der Waals surface area contributed by atoms with Crippen molar-refractivity contribution in [2.75, 3.05) is 44.4 Å². The molecule has 101 valence electrons. The van der Waals surface area contributed by atoms with Crippen molar-refractivity contribution in [3.63, 3.8) is 0 Å². The molecule has 1 radical (unpaired) electrons. The molecule has 0 amide bonds. The number of anilines is 2. The van der Waals surface area contributed by atoms with Crippen LogP contribution in [0.15, 0.2) is 12.1 Å². The number of rotatable bonds is 3. The van der Waals surface area contributed by atoms with Crippen LogP contribution in [0.3, 0.4) is 0 Å². The molecule has 1 aromatic heterocycles. The van der Waals surface area contributed by atoms with Crippen molar-refractivity contribution in [1.29, 1.82) is 0 Å². The molecular formula is C14H20N5. The van der Waals surface area contributed by atoms with E-state index in [4.69, 9.17) is 5.73 Å². The fourth-order valence-electron chi connectivity index (χ4n) is 2.92. The van der Waals surface area contributed by atoms with E-state index in [0.29, 0.717) is 0 Å². The quantitative estimate of drug-likeness (QED) is 0.815.